The summed E-state index contributed by atoms with van der Waals surface area (Å²) in [6.45, 7) is 3.29. The third kappa shape index (κ3) is 4.08. The summed E-state index contributed by atoms with van der Waals surface area (Å²) in [6.07, 6.45) is 4.63. The molecule has 26 heavy (non-hydrogen) atoms. The highest BCUT2D eigenvalue weighted by Crippen LogP contribution is 2.42. The van der Waals surface area contributed by atoms with Gasteiger partial charge in [-0.05, 0) is 30.5 Å². The smallest absolute Gasteiger partial charge is 0.222 e. The van der Waals surface area contributed by atoms with Crippen molar-refractivity contribution in [1.29, 1.82) is 0 Å². The highest BCUT2D eigenvalue weighted by atomic mass is 35.5. The highest BCUT2D eigenvalue weighted by Gasteiger charge is 2.38. The quantitative estimate of drug-likeness (QED) is 0.835. The molecule has 6 nitrogen and oxygen atoms in total. The summed E-state index contributed by atoms with van der Waals surface area (Å²) < 4.78 is 16.8. The molecule has 2 fully saturated rings. The molecule has 1 saturated heterocycles. The Balaban J connectivity index is 0.00000196. The molecule has 1 amide bonds. The number of ether oxygens (including phenoxy) is 3. The van der Waals surface area contributed by atoms with Crippen molar-refractivity contribution in [3.8, 4) is 11.5 Å². The van der Waals surface area contributed by atoms with Gasteiger partial charge >= 0.3 is 0 Å². The van der Waals surface area contributed by atoms with Crippen molar-refractivity contribution in [3.63, 3.8) is 0 Å². The van der Waals surface area contributed by atoms with Crippen LogP contribution in [0.15, 0.2) is 18.2 Å². The zero-order chi connectivity index (χ0) is 17.1. The number of hydrogen-bond acceptors (Lipinski definition) is 5. The predicted molar refractivity (Wildman–Crippen MR) is 100 cm³/mol. The molecular formula is C19H27ClN2O4. The fraction of sp³-hybridized carbons (Fsp3) is 0.632. The number of amides is 1. The second kappa shape index (κ2) is 8.46. The lowest BCUT2D eigenvalue weighted by Crippen LogP contribution is -2.48. The number of fused-ring (bicyclic) bond motifs is 1. The van der Waals surface area contributed by atoms with E-state index in [0.29, 0.717) is 26.2 Å². The molecule has 1 saturated carbocycles. The minimum absolute atomic E-state index is 0. The van der Waals surface area contributed by atoms with Gasteiger partial charge in [0.25, 0.3) is 0 Å². The Hall–Kier alpha value is -1.50. The van der Waals surface area contributed by atoms with Gasteiger partial charge in [-0.15, -0.1) is 12.4 Å². The van der Waals surface area contributed by atoms with Crippen molar-refractivity contribution < 1.29 is 19.0 Å². The van der Waals surface area contributed by atoms with Crippen LogP contribution in [-0.2, 0) is 15.1 Å². The average Bonchev–Trinajstić information content (AvgIpc) is 3.11. The zero-order valence-electron chi connectivity index (χ0n) is 14.9. The van der Waals surface area contributed by atoms with Crippen molar-refractivity contribution in [1.82, 2.24) is 10.6 Å². The summed E-state index contributed by atoms with van der Waals surface area (Å²) in [5.74, 6) is 1.66. The zero-order valence-corrected chi connectivity index (χ0v) is 15.7. The molecule has 2 N–H and O–H groups in total. The fourth-order valence-corrected chi connectivity index (χ4v) is 4.10. The lowest BCUT2D eigenvalue weighted by Gasteiger charge is -2.33. The molecule has 1 aliphatic carbocycles. The molecule has 1 aromatic carbocycles. The Bertz CT molecular complexity index is 628. The summed E-state index contributed by atoms with van der Waals surface area (Å²) in [4.78, 5) is 12.7. The van der Waals surface area contributed by atoms with Crippen molar-refractivity contribution in [3.05, 3.63) is 23.8 Å². The van der Waals surface area contributed by atoms with E-state index >= 15 is 0 Å². The Morgan fingerprint density at radius 2 is 1.92 bits per heavy atom. The Morgan fingerprint density at radius 1 is 1.15 bits per heavy atom. The van der Waals surface area contributed by atoms with Gasteiger partial charge < -0.3 is 24.8 Å². The molecule has 0 spiro atoms. The first-order valence-corrected chi connectivity index (χ1v) is 9.27. The van der Waals surface area contributed by atoms with E-state index in [2.05, 4.69) is 16.7 Å². The molecule has 0 bridgehead atoms. The van der Waals surface area contributed by atoms with E-state index in [1.165, 1.54) is 0 Å². The molecule has 1 unspecified atom stereocenters. The minimum Gasteiger partial charge on any atom is -0.486 e. The van der Waals surface area contributed by atoms with Crippen LogP contribution in [0.2, 0.25) is 0 Å². The van der Waals surface area contributed by atoms with Gasteiger partial charge in [0, 0.05) is 19.0 Å². The monoisotopic (exact) mass is 382 g/mol. The largest absolute Gasteiger partial charge is 0.486 e. The number of carbonyl (C=O) groups is 1. The van der Waals surface area contributed by atoms with E-state index < -0.39 is 0 Å². The van der Waals surface area contributed by atoms with Crippen molar-refractivity contribution >= 4 is 18.3 Å². The maximum absolute atomic E-state index is 12.7. The summed E-state index contributed by atoms with van der Waals surface area (Å²) in [6, 6.07) is 6.18. The van der Waals surface area contributed by atoms with Crippen LogP contribution in [0.25, 0.3) is 0 Å². The third-order valence-electron chi connectivity index (χ3n) is 5.36. The van der Waals surface area contributed by atoms with Crippen LogP contribution < -0.4 is 20.1 Å². The highest BCUT2D eigenvalue weighted by molar-refractivity contribution is 5.85. The van der Waals surface area contributed by atoms with Crippen molar-refractivity contribution in [2.75, 3.05) is 33.0 Å². The van der Waals surface area contributed by atoms with Crippen LogP contribution in [0.4, 0.5) is 0 Å². The van der Waals surface area contributed by atoms with Crippen LogP contribution in [0, 0.1) is 0 Å². The van der Waals surface area contributed by atoms with Gasteiger partial charge in [-0.3, -0.25) is 4.79 Å². The van der Waals surface area contributed by atoms with Gasteiger partial charge in [0.1, 0.15) is 13.2 Å². The maximum Gasteiger partial charge on any atom is 0.222 e. The van der Waals surface area contributed by atoms with Gasteiger partial charge in [0.05, 0.1) is 18.8 Å². The van der Waals surface area contributed by atoms with Crippen LogP contribution in [0.1, 0.15) is 37.7 Å². The molecular weight excluding hydrogens is 356 g/mol. The van der Waals surface area contributed by atoms with E-state index in [9.17, 15) is 4.79 Å². The number of hydrogen-bond donors (Lipinski definition) is 2. The minimum atomic E-state index is -0.289. The number of rotatable bonds is 4. The molecule has 1 aromatic rings. The van der Waals surface area contributed by atoms with Crippen LogP contribution >= 0.6 is 12.4 Å². The third-order valence-corrected chi connectivity index (χ3v) is 5.36. The first kappa shape index (κ1) is 19.3. The lowest BCUT2D eigenvalue weighted by atomic mass is 9.87. The average molecular weight is 383 g/mol. The molecule has 144 valence electrons. The number of carbonyl (C=O) groups excluding carboxylic acids is 1. The van der Waals surface area contributed by atoms with Gasteiger partial charge in [-0.2, -0.15) is 0 Å². The summed E-state index contributed by atoms with van der Waals surface area (Å²) >= 11 is 0. The normalized spacial score (nSPS) is 23.8. The Morgan fingerprint density at radius 3 is 2.65 bits per heavy atom. The number of benzene rings is 1. The predicted octanol–water partition coefficient (Wildman–Crippen LogP) is 2.14. The molecule has 1 atom stereocenters. The van der Waals surface area contributed by atoms with Gasteiger partial charge in [-0.1, -0.05) is 18.9 Å². The van der Waals surface area contributed by atoms with Crippen LogP contribution in [0.5, 0.6) is 11.5 Å². The van der Waals surface area contributed by atoms with Crippen LogP contribution in [-0.4, -0.2) is 44.9 Å². The fourth-order valence-electron chi connectivity index (χ4n) is 4.10. The number of morpholine rings is 1. The van der Waals surface area contributed by atoms with Crippen LogP contribution in [0.3, 0.4) is 0 Å². The second-order valence-corrected chi connectivity index (χ2v) is 7.13. The summed E-state index contributed by atoms with van der Waals surface area (Å²) in [5, 5.41) is 6.68. The van der Waals surface area contributed by atoms with Gasteiger partial charge in [0.15, 0.2) is 11.5 Å². The van der Waals surface area contributed by atoms with Gasteiger partial charge in [-0.25, -0.2) is 0 Å². The van der Waals surface area contributed by atoms with E-state index in [-0.39, 0.29) is 29.9 Å². The molecule has 2 heterocycles. The molecule has 0 aromatic heterocycles. The number of nitrogens with one attached hydrogen (secondary N) is 2. The first-order chi connectivity index (χ1) is 12.3. The second-order valence-electron chi connectivity index (χ2n) is 7.13. The topological polar surface area (TPSA) is 68.8 Å². The van der Waals surface area contributed by atoms with E-state index in [4.69, 9.17) is 14.2 Å². The number of halogens is 1. The van der Waals surface area contributed by atoms with E-state index in [0.717, 1.165) is 55.9 Å². The SMILES string of the molecule is Cl.O=C(CC1COCCN1)NC1(c2ccc3c(c2)OCCO3)CCCC1. The standard InChI is InChI=1S/C19H26N2O4.ClH/c22-18(12-15-13-23-8-7-20-15)21-19(5-1-2-6-19)14-3-4-16-17(11-14)25-10-9-24-16;/h3-4,11,15,20H,1-2,5-10,12-13H2,(H,21,22);1H. The van der Waals surface area contributed by atoms with Gasteiger partial charge in [0.2, 0.25) is 5.91 Å². The Kier molecular flexibility index (Phi) is 6.27. The molecule has 4 rings (SSSR count). The summed E-state index contributed by atoms with van der Waals surface area (Å²) in [7, 11) is 0. The van der Waals surface area contributed by atoms with Crippen molar-refractivity contribution in [2.24, 2.45) is 0 Å². The maximum atomic E-state index is 12.7. The van der Waals surface area contributed by atoms with E-state index in [1.54, 1.807) is 0 Å². The van der Waals surface area contributed by atoms with E-state index in [1.807, 2.05) is 12.1 Å². The molecule has 7 heteroatoms. The van der Waals surface area contributed by atoms with Crippen molar-refractivity contribution in [2.45, 2.75) is 43.7 Å². The molecule has 3 aliphatic rings. The lowest BCUT2D eigenvalue weighted by molar-refractivity contribution is -0.124. The first-order valence-electron chi connectivity index (χ1n) is 9.27. The summed E-state index contributed by atoms with van der Waals surface area (Å²) in [5.41, 5.74) is 0.832. The molecule has 2 aliphatic heterocycles. The molecule has 0 radical (unpaired) electrons. The Labute approximate surface area is 160 Å².